The van der Waals surface area contributed by atoms with Crippen molar-refractivity contribution in [3.8, 4) is 0 Å². The van der Waals surface area contributed by atoms with Gasteiger partial charge < -0.3 is 10.4 Å². The minimum Gasteiger partial charge on any atom is -0.481 e. The number of thiazole rings is 1. The lowest BCUT2D eigenvalue weighted by Gasteiger charge is -2.07. The second-order valence-electron chi connectivity index (χ2n) is 4.10. The third-order valence-corrected chi connectivity index (χ3v) is 4.44. The first-order chi connectivity index (χ1) is 9.06. The number of aromatic nitrogens is 1. The molecular weight excluding hydrogens is 328 g/mol. The van der Waals surface area contributed by atoms with Gasteiger partial charge in [-0.05, 0) is 34.5 Å². The minimum atomic E-state index is -0.802. The molecule has 0 bridgehead atoms. The fraction of sp³-hybridized carbons (Fsp3) is 0.231. The molecule has 0 fully saturated rings. The fourth-order valence-electron chi connectivity index (χ4n) is 1.57. The molecule has 0 aliphatic carbocycles. The van der Waals surface area contributed by atoms with Crippen molar-refractivity contribution in [1.82, 2.24) is 4.98 Å². The van der Waals surface area contributed by atoms with Gasteiger partial charge in [0.15, 0.2) is 5.13 Å². The molecule has 6 heteroatoms. The molecule has 100 valence electrons. The lowest BCUT2D eigenvalue weighted by Crippen LogP contribution is -1.98. The molecule has 1 aromatic heterocycles. The van der Waals surface area contributed by atoms with Crippen LogP contribution in [0.25, 0.3) is 0 Å². The zero-order valence-electron chi connectivity index (χ0n) is 10.3. The number of benzene rings is 1. The molecule has 2 rings (SSSR count). The van der Waals surface area contributed by atoms with Crippen LogP contribution in [0.2, 0.25) is 0 Å². The van der Waals surface area contributed by atoms with Crippen LogP contribution in [0.1, 0.15) is 17.7 Å². The Labute approximate surface area is 123 Å². The van der Waals surface area contributed by atoms with Crippen molar-refractivity contribution in [2.45, 2.75) is 19.8 Å². The summed E-state index contributed by atoms with van der Waals surface area (Å²) >= 11 is 5.01. The summed E-state index contributed by atoms with van der Waals surface area (Å²) in [6.45, 7) is 2.02. The molecule has 19 heavy (non-hydrogen) atoms. The number of hydrogen-bond acceptors (Lipinski definition) is 4. The molecule has 1 heterocycles. The van der Waals surface area contributed by atoms with Gasteiger partial charge in [-0.3, -0.25) is 4.79 Å². The molecule has 0 amide bonds. The van der Waals surface area contributed by atoms with E-state index in [9.17, 15) is 4.79 Å². The molecule has 0 radical (unpaired) electrons. The zero-order chi connectivity index (χ0) is 13.8. The summed E-state index contributed by atoms with van der Waals surface area (Å²) in [5.41, 5.74) is 2.91. The first-order valence-corrected chi connectivity index (χ1v) is 7.42. The van der Waals surface area contributed by atoms with Crippen LogP contribution in [0.15, 0.2) is 28.1 Å². The summed E-state index contributed by atoms with van der Waals surface area (Å²) < 4.78 is 1.01. The van der Waals surface area contributed by atoms with Gasteiger partial charge in [-0.25, -0.2) is 4.98 Å². The van der Waals surface area contributed by atoms with Gasteiger partial charge >= 0.3 is 5.97 Å². The largest absolute Gasteiger partial charge is 0.481 e. The number of rotatable bonds is 5. The van der Waals surface area contributed by atoms with E-state index in [0.717, 1.165) is 26.5 Å². The van der Waals surface area contributed by atoms with Crippen LogP contribution in [0, 0.1) is 6.92 Å². The smallest absolute Gasteiger partial charge is 0.303 e. The van der Waals surface area contributed by atoms with Crippen LogP contribution in [0.4, 0.5) is 10.8 Å². The van der Waals surface area contributed by atoms with Crippen molar-refractivity contribution < 1.29 is 9.90 Å². The maximum Gasteiger partial charge on any atom is 0.303 e. The quantitative estimate of drug-likeness (QED) is 0.864. The molecule has 0 saturated heterocycles. The van der Waals surface area contributed by atoms with E-state index >= 15 is 0 Å². The lowest BCUT2D eigenvalue weighted by molar-refractivity contribution is -0.136. The average Bonchev–Trinajstić information content (AvgIpc) is 2.80. The predicted molar refractivity (Wildman–Crippen MR) is 80.2 cm³/mol. The van der Waals surface area contributed by atoms with Crippen LogP contribution < -0.4 is 5.32 Å². The highest BCUT2D eigenvalue weighted by molar-refractivity contribution is 9.10. The minimum absolute atomic E-state index is 0.108. The number of aliphatic carboxylic acids is 1. The fourth-order valence-corrected chi connectivity index (χ4v) is 2.69. The van der Waals surface area contributed by atoms with E-state index in [4.69, 9.17) is 5.11 Å². The van der Waals surface area contributed by atoms with Crippen LogP contribution in [-0.4, -0.2) is 16.1 Å². The highest BCUT2D eigenvalue weighted by Crippen LogP contribution is 2.29. The zero-order valence-corrected chi connectivity index (χ0v) is 12.7. The molecule has 0 atom stereocenters. The van der Waals surface area contributed by atoms with Crippen LogP contribution in [0.3, 0.4) is 0 Å². The number of carbonyl (C=O) groups is 1. The third kappa shape index (κ3) is 3.78. The molecule has 0 spiro atoms. The summed E-state index contributed by atoms with van der Waals surface area (Å²) in [5.74, 6) is -0.802. The van der Waals surface area contributed by atoms with Gasteiger partial charge in [0.25, 0.3) is 0 Å². The van der Waals surface area contributed by atoms with E-state index in [1.54, 1.807) is 0 Å². The molecule has 0 saturated carbocycles. The maximum atomic E-state index is 10.5. The van der Waals surface area contributed by atoms with Gasteiger partial charge in [-0.15, -0.1) is 11.3 Å². The Morgan fingerprint density at radius 2 is 2.32 bits per heavy atom. The van der Waals surface area contributed by atoms with E-state index < -0.39 is 5.97 Å². The number of anilines is 2. The Morgan fingerprint density at radius 3 is 3.05 bits per heavy atom. The summed E-state index contributed by atoms with van der Waals surface area (Å²) in [4.78, 5) is 14.9. The Balaban J connectivity index is 2.07. The Bertz CT molecular complexity index is 598. The molecule has 2 N–H and O–H groups in total. The second-order valence-corrected chi connectivity index (χ2v) is 5.75. The van der Waals surface area contributed by atoms with Gasteiger partial charge in [0, 0.05) is 16.3 Å². The van der Waals surface area contributed by atoms with Crippen LogP contribution in [0.5, 0.6) is 0 Å². The number of carboxylic acids is 1. The van der Waals surface area contributed by atoms with Gasteiger partial charge in [-0.1, -0.05) is 12.1 Å². The van der Waals surface area contributed by atoms with E-state index in [0.29, 0.717) is 6.42 Å². The van der Waals surface area contributed by atoms with Crippen molar-refractivity contribution in [2.75, 3.05) is 5.32 Å². The first-order valence-electron chi connectivity index (χ1n) is 5.74. The summed E-state index contributed by atoms with van der Waals surface area (Å²) in [6, 6.07) is 5.96. The highest BCUT2D eigenvalue weighted by atomic mass is 79.9. The number of carboxylic acid groups (broad SMARTS) is 1. The molecule has 4 nitrogen and oxygen atoms in total. The van der Waals surface area contributed by atoms with Crippen LogP contribution in [-0.2, 0) is 11.2 Å². The van der Waals surface area contributed by atoms with Gasteiger partial charge in [0.2, 0.25) is 0 Å². The van der Waals surface area contributed by atoms with E-state index in [-0.39, 0.29) is 6.42 Å². The van der Waals surface area contributed by atoms with Crippen molar-refractivity contribution >= 4 is 44.1 Å². The summed E-state index contributed by atoms with van der Waals surface area (Å²) in [5, 5.41) is 14.5. The Morgan fingerprint density at radius 1 is 1.53 bits per heavy atom. The third-order valence-electron chi connectivity index (χ3n) is 2.58. The summed E-state index contributed by atoms with van der Waals surface area (Å²) in [7, 11) is 0. The SMILES string of the molecule is Cc1cccc(Nc2nc(CCC(=O)O)cs2)c1Br. The monoisotopic (exact) mass is 340 g/mol. The maximum absolute atomic E-state index is 10.5. The van der Waals surface area contributed by atoms with Crippen molar-refractivity contribution in [3.63, 3.8) is 0 Å². The van der Waals surface area contributed by atoms with E-state index in [1.807, 2.05) is 30.5 Å². The van der Waals surface area contributed by atoms with Gasteiger partial charge in [0.05, 0.1) is 17.8 Å². The van der Waals surface area contributed by atoms with Crippen molar-refractivity contribution in [2.24, 2.45) is 0 Å². The molecule has 0 unspecified atom stereocenters. The molecule has 1 aromatic carbocycles. The normalized spacial score (nSPS) is 10.4. The number of aryl methyl sites for hydroxylation is 2. The molecule has 0 aliphatic heterocycles. The van der Waals surface area contributed by atoms with Crippen molar-refractivity contribution in [3.05, 3.63) is 39.3 Å². The van der Waals surface area contributed by atoms with E-state index in [2.05, 4.69) is 26.2 Å². The first kappa shape index (κ1) is 14.0. The van der Waals surface area contributed by atoms with Crippen LogP contribution >= 0.6 is 27.3 Å². The number of halogens is 1. The predicted octanol–water partition coefficient (Wildman–Crippen LogP) is 3.97. The average molecular weight is 341 g/mol. The van der Waals surface area contributed by atoms with Gasteiger partial charge in [-0.2, -0.15) is 0 Å². The highest BCUT2D eigenvalue weighted by Gasteiger charge is 2.07. The number of nitrogens with one attached hydrogen (secondary N) is 1. The van der Waals surface area contributed by atoms with Crippen molar-refractivity contribution in [1.29, 1.82) is 0 Å². The standard InChI is InChI=1S/C13H13BrN2O2S/c1-8-3-2-4-10(12(8)14)16-13-15-9(7-19-13)5-6-11(17)18/h2-4,7H,5-6H2,1H3,(H,15,16)(H,17,18). The molecule has 2 aromatic rings. The second kappa shape index (κ2) is 6.16. The topological polar surface area (TPSA) is 62.2 Å². The molecule has 0 aliphatic rings. The summed E-state index contributed by atoms with van der Waals surface area (Å²) in [6.07, 6.45) is 0.569. The number of nitrogens with zero attached hydrogens (tertiary/aromatic N) is 1. The molecular formula is C13H13BrN2O2S. The number of hydrogen-bond donors (Lipinski definition) is 2. The Kier molecular flexibility index (Phi) is 4.55. The lowest BCUT2D eigenvalue weighted by atomic mass is 10.2. The van der Waals surface area contributed by atoms with E-state index in [1.165, 1.54) is 11.3 Å². The van der Waals surface area contributed by atoms with Gasteiger partial charge in [0.1, 0.15) is 0 Å². The Hall–Kier alpha value is -1.40.